The van der Waals surface area contributed by atoms with Crippen LogP contribution in [0.15, 0.2) is 18.2 Å². The summed E-state index contributed by atoms with van der Waals surface area (Å²) in [5.74, 6) is 1.74. The quantitative estimate of drug-likeness (QED) is 0.860. The molecule has 0 spiro atoms. The van der Waals surface area contributed by atoms with Crippen LogP contribution in [0, 0.1) is 20.8 Å². The van der Waals surface area contributed by atoms with Crippen LogP contribution in [0.25, 0.3) is 11.3 Å². The van der Waals surface area contributed by atoms with E-state index >= 15 is 0 Å². The third-order valence-corrected chi connectivity index (χ3v) is 3.23. The molecule has 0 saturated carbocycles. The number of anilines is 1. The molecule has 0 aliphatic carbocycles. The first-order valence-electron chi connectivity index (χ1n) is 5.95. The van der Waals surface area contributed by atoms with Gasteiger partial charge in [-0.05, 0) is 38.8 Å². The van der Waals surface area contributed by atoms with E-state index in [9.17, 15) is 0 Å². The van der Waals surface area contributed by atoms with Gasteiger partial charge in [-0.3, -0.25) is 0 Å². The number of nitrogens with two attached hydrogens (primary N) is 1. The maximum atomic E-state index is 6.18. The van der Waals surface area contributed by atoms with Crippen LogP contribution < -0.4 is 5.73 Å². The van der Waals surface area contributed by atoms with Crippen LogP contribution in [0.1, 0.15) is 23.9 Å². The highest BCUT2D eigenvalue weighted by molar-refractivity contribution is 5.76. The van der Waals surface area contributed by atoms with E-state index in [2.05, 4.69) is 44.0 Å². The van der Waals surface area contributed by atoms with Crippen molar-refractivity contribution in [1.82, 2.24) is 9.55 Å². The van der Waals surface area contributed by atoms with E-state index < -0.39 is 0 Å². The zero-order chi connectivity index (χ0) is 12.6. The van der Waals surface area contributed by atoms with Crippen LogP contribution in [-0.4, -0.2) is 9.55 Å². The zero-order valence-corrected chi connectivity index (χ0v) is 10.9. The second kappa shape index (κ2) is 4.24. The van der Waals surface area contributed by atoms with Crippen LogP contribution in [0.4, 0.5) is 5.82 Å². The lowest BCUT2D eigenvalue weighted by molar-refractivity contribution is 0.739. The van der Waals surface area contributed by atoms with Gasteiger partial charge in [0.15, 0.2) is 0 Å². The third kappa shape index (κ3) is 1.82. The molecule has 0 amide bonds. The number of nitrogen functional groups attached to an aromatic ring is 1. The minimum atomic E-state index is 0.766. The maximum Gasteiger partial charge on any atom is 0.131 e. The number of hydrogen-bond donors (Lipinski definition) is 1. The molecule has 90 valence electrons. The van der Waals surface area contributed by atoms with E-state index in [0.29, 0.717) is 0 Å². The summed E-state index contributed by atoms with van der Waals surface area (Å²) in [6.07, 6.45) is 0. The fraction of sp³-hybridized carbons (Fsp3) is 0.357. The molecule has 2 aromatic rings. The van der Waals surface area contributed by atoms with Crippen molar-refractivity contribution in [2.45, 2.75) is 34.2 Å². The van der Waals surface area contributed by atoms with Crippen molar-refractivity contribution in [3.63, 3.8) is 0 Å². The van der Waals surface area contributed by atoms with Gasteiger partial charge >= 0.3 is 0 Å². The van der Waals surface area contributed by atoms with Crippen molar-refractivity contribution in [3.05, 3.63) is 35.2 Å². The summed E-state index contributed by atoms with van der Waals surface area (Å²) in [5.41, 5.74) is 10.7. The van der Waals surface area contributed by atoms with Crippen LogP contribution in [0.5, 0.6) is 0 Å². The highest BCUT2D eigenvalue weighted by Gasteiger charge is 2.15. The summed E-state index contributed by atoms with van der Waals surface area (Å²) in [7, 11) is 0. The molecule has 0 radical (unpaired) electrons. The molecule has 3 heteroatoms. The Morgan fingerprint density at radius 1 is 1.18 bits per heavy atom. The standard InChI is InChI=1S/C14H19N3/c1-5-17-11(4)16-13(14(17)15)12-9(2)7-6-8-10(12)3/h6-8H,5,15H2,1-4H3. The monoisotopic (exact) mass is 229 g/mol. The average molecular weight is 229 g/mol. The smallest absolute Gasteiger partial charge is 0.131 e. The van der Waals surface area contributed by atoms with Crippen LogP contribution in [0.3, 0.4) is 0 Å². The first-order chi connectivity index (χ1) is 8.06. The molecule has 1 aromatic heterocycles. The van der Waals surface area contributed by atoms with Crippen LogP contribution in [-0.2, 0) is 6.54 Å². The van der Waals surface area contributed by atoms with Gasteiger partial charge in [-0.2, -0.15) is 0 Å². The van der Waals surface area contributed by atoms with Gasteiger partial charge in [0.2, 0.25) is 0 Å². The predicted molar refractivity (Wildman–Crippen MR) is 72.0 cm³/mol. The van der Waals surface area contributed by atoms with Gasteiger partial charge in [0.25, 0.3) is 0 Å². The lowest BCUT2D eigenvalue weighted by atomic mass is 10.0. The summed E-state index contributed by atoms with van der Waals surface area (Å²) in [6, 6.07) is 6.26. The molecule has 17 heavy (non-hydrogen) atoms. The van der Waals surface area contributed by atoms with Gasteiger partial charge in [0, 0.05) is 12.1 Å². The molecular weight excluding hydrogens is 210 g/mol. The minimum absolute atomic E-state index is 0.766. The lowest BCUT2D eigenvalue weighted by Crippen LogP contribution is -2.02. The number of aryl methyl sites for hydroxylation is 3. The van der Waals surface area contributed by atoms with E-state index in [-0.39, 0.29) is 0 Å². The molecule has 0 aliphatic rings. The third-order valence-electron chi connectivity index (χ3n) is 3.23. The largest absolute Gasteiger partial charge is 0.383 e. The van der Waals surface area contributed by atoms with Gasteiger partial charge in [0.1, 0.15) is 17.3 Å². The molecule has 2 N–H and O–H groups in total. The Labute approximate surface area is 102 Å². The number of rotatable bonds is 2. The van der Waals surface area contributed by atoms with Gasteiger partial charge < -0.3 is 10.3 Å². The summed E-state index contributed by atoms with van der Waals surface area (Å²) < 4.78 is 2.04. The Morgan fingerprint density at radius 2 is 1.76 bits per heavy atom. The first-order valence-corrected chi connectivity index (χ1v) is 5.95. The van der Waals surface area contributed by atoms with Crippen molar-refractivity contribution in [1.29, 1.82) is 0 Å². The molecule has 0 fully saturated rings. The Morgan fingerprint density at radius 3 is 2.24 bits per heavy atom. The molecule has 2 rings (SSSR count). The van der Waals surface area contributed by atoms with Crippen LogP contribution >= 0.6 is 0 Å². The Bertz CT molecular complexity index is 533. The second-order valence-electron chi connectivity index (χ2n) is 4.40. The fourth-order valence-corrected chi connectivity index (χ4v) is 2.35. The van der Waals surface area contributed by atoms with E-state index in [1.165, 1.54) is 16.7 Å². The zero-order valence-electron chi connectivity index (χ0n) is 10.9. The van der Waals surface area contributed by atoms with E-state index in [1.807, 2.05) is 11.5 Å². The fourth-order valence-electron chi connectivity index (χ4n) is 2.35. The van der Waals surface area contributed by atoms with Crippen molar-refractivity contribution in [3.8, 4) is 11.3 Å². The Hall–Kier alpha value is -1.77. The van der Waals surface area contributed by atoms with Crippen LogP contribution in [0.2, 0.25) is 0 Å². The molecule has 1 heterocycles. The number of benzene rings is 1. The molecule has 3 nitrogen and oxygen atoms in total. The normalized spacial score (nSPS) is 10.8. The van der Waals surface area contributed by atoms with Crippen molar-refractivity contribution in [2.75, 3.05) is 5.73 Å². The van der Waals surface area contributed by atoms with Crippen molar-refractivity contribution >= 4 is 5.82 Å². The van der Waals surface area contributed by atoms with Gasteiger partial charge in [0.05, 0.1) is 0 Å². The average Bonchev–Trinajstić information content (AvgIpc) is 2.54. The summed E-state index contributed by atoms with van der Waals surface area (Å²) >= 11 is 0. The Balaban J connectivity index is 2.69. The highest BCUT2D eigenvalue weighted by atomic mass is 15.1. The summed E-state index contributed by atoms with van der Waals surface area (Å²) in [4.78, 5) is 4.61. The molecular formula is C14H19N3. The maximum absolute atomic E-state index is 6.18. The SMILES string of the molecule is CCn1c(C)nc(-c2c(C)cccc2C)c1N. The van der Waals surface area contributed by atoms with Gasteiger partial charge in [-0.1, -0.05) is 18.2 Å². The number of imidazole rings is 1. The predicted octanol–water partition coefficient (Wildman–Crippen LogP) is 3.08. The van der Waals surface area contributed by atoms with E-state index in [0.717, 1.165) is 23.9 Å². The molecule has 0 atom stereocenters. The molecule has 0 saturated heterocycles. The van der Waals surface area contributed by atoms with E-state index in [1.54, 1.807) is 0 Å². The minimum Gasteiger partial charge on any atom is -0.383 e. The summed E-state index contributed by atoms with van der Waals surface area (Å²) in [6.45, 7) is 9.14. The van der Waals surface area contributed by atoms with E-state index in [4.69, 9.17) is 5.73 Å². The van der Waals surface area contributed by atoms with Crippen molar-refractivity contribution in [2.24, 2.45) is 0 Å². The number of nitrogens with zero attached hydrogens (tertiary/aromatic N) is 2. The topological polar surface area (TPSA) is 43.8 Å². The molecule has 0 aliphatic heterocycles. The first kappa shape index (κ1) is 11.7. The molecule has 1 aromatic carbocycles. The second-order valence-corrected chi connectivity index (χ2v) is 4.40. The highest BCUT2D eigenvalue weighted by Crippen LogP contribution is 2.31. The van der Waals surface area contributed by atoms with Gasteiger partial charge in [-0.25, -0.2) is 4.98 Å². The lowest BCUT2D eigenvalue weighted by Gasteiger charge is -2.08. The number of hydrogen-bond acceptors (Lipinski definition) is 2. The molecule has 0 unspecified atom stereocenters. The summed E-state index contributed by atoms with van der Waals surface area (Å²) in [5, 5.41) is 0. The molecule has 0 bridgehead atoms. The Kier molecular flexibility index (Phi) is 2.92. The number of aromatic nitrogens is 2. The van der Waals surface area contributed by atoms with Crippen molar-refractivity contribution < 1.29 is 0 Å². The van der Waals surface area contributed by atoms with Gasteiger partial charge in [-0.15, -0.1) is 0 Å².